The van der Waals surface area contributed by atoms with E-state index in [4.69, 9.17) is 4.74 Å². The van der Waals surface area contributed by atoms with Gasteiger partial charge in [0.15, 0.2) is 0 Å². The highest BCUT2D eigenvalue weighted by Crippen LogP contribution is 2.30. The molecule has 2 aliphatic rings. The summed E-state index contributed by atoms with van der Waals surface area (Å²) < 4.78 is 6.00. The largest absolute Gasteiger partial charge is 0.473 e. The van der Waals surface area contributed by atoms with Crippen LogP contribution in [0.5, 0.6) is 5.88 Å². The lowest BCUT2D eigenvalue weighted by atomic mass is 9.82. The molecule has 0 amide bonds. The van der Waals surface area contributed by atoms with Crippen molar-refractivity contribution in [3.8, 4) is 5.88 Å². The fraction of sp³-hybridized carbons (Fsp3) is 0.750. The first-order chi connectivity index (χ1) is 9.69. The van der Waals surface area contributed by atoms with Gasteiger partial charge < -0.3 is 10.1 Å². The molecule has 0 bridgehead atoms. The third kappa shape index (κ3) is 3.92. The van der Waals surface area contributed by atoms with Crippen molar-refractivity contribution in [2.75, 3.05) is 0 Å². The molecule has 2 saturated carbocycles. The van der Waals surface area contributed by atoms with E-state index in [2.05, 4.69) is 29.1 Å². The molecular weight excluding hydrogens is 250 g/mol. The van der Waals surface area contributed by atoms with E-state index in [1.54, 1.807) is 6.20 Å². The fourth-order valence-corrected chi connectivity index (χ4v) is 3.17. The van der Waals surface area contributed by atoms with Crippen LogP contribution in [0.25, 0.3) is 0 Å². The first kappa shape index (κ1) is 13.8. The van der Waals surface area contributed by atoms with Gasteiger partial charge in [-0.1, -0.05) is 13.8 Å². The van der Waals surface area contributed by atoms with Gasteiger partial charge in [0.2, 0.25) is 5.88 Å². The maximum Gasteiger partial charge on any atom is 0.232 e. The highest BCUT2D eigenvalue weighted by molar-refractivity contribution is 5.08. The van der Waals surface area contributed by atoms with Gasteiger partial charge in [0.25, 0.3) is 0 Å². The quantitative estimate of drug-likeness (QED) is 0.897. The second-order valence-corrected chi connectivity index (χ2v) is 6.66. The molecule has 1 aromatic rings. The first-order valence-corrected chi connectivity index (χ1v) is 7.90. The lowest BCUT2D eigenvalue weighted by Gasteiger charge is -2.31. The number of ether oxygens (including phenoxy) is 1. The molecule has 3 rings (SSSR count). The Labute approximate surface area is 121 Å². The molecule has 1 heterocycles. The summed E-state index contributed by atoms with van der Waals surface area (Å²) in [5.74, 6) is 2.17. The lowest BCUT2D eigenvalue weighted by molar-refractivity contribution is 0.0962. The zero-order valence-electron chi connectivity index (χ0n) is 12.5. The molecule has 0 saturated heterocycles. The molecule has 2 atom stereocenters. The standard InChI is InChI=1S/C16H25N3O/c1-11-5-12(2)7-15(6-11)20-16-10-18-14(9-19-16)8-17-13-3-4-13/h9-13,15,17H,3-8H2,1-2H3. The van der Waals surface area contributed by atoms with Gasteiger partial charge >= 0.3 is 0 Å². The van der Waals surface area contributed by atoms with Crippen LogP contribution in [-0.4, -0.2) is 22.1 Å². The second kappa shape index (κ2) is 6.08. The van der Waals surface area contributed by atoms with E-state index in [9.17, 15) is 0 Å². The maximum atomic E-state index is 6.00. The molecule has 20 heavy (non-hydrogen) atoms. The van der Waals surface area contributed by atoms with E-state index < -0.39 is 0 Å². The summed E-state index contributed by atoms with van der Waals surface area (Å²) in [7, 11) is 0. The molecule has 0 radical (unpaired) electrons. The van der Waals surface area contributed by atoms with Crippen molar-refractivity contribution in [3.63, 3.8) is 0 Å². The Morgan fingerprint density at radius 2 is 1.85 bits per heavy atom. The van der Waals surface area contributed by atoms with E-state index in [0.29, 0.717) is 18.0 Å². The van der Waals surface area contributed by atoms with Crippen molar-refractivity contribution in [3.05, 3.63) is 18.1 Å². The van der Waals surface area contributed by atoms with Crippen molar-refractivity contribution in [1.82, 2.24) is 15.3 Å². The van der Waals surface area contributed by atoms with Gasteiger partial charge in [0.05, 0.1) is 18.1 Å². The molecule has 2 fully saturated rings. The Morgan fingerprint density at radius 1 is 1.10 bits per heavy atom. The summed E-state index contributed by atoms with van der Waals surface area (Å²) in [5.41, 5.74) is 0.995. The Morgan fingerprint density at radius 3 is 2.45 bits per heavy atom. The number of hydrogen-bond donors (Lipinski definition) is 1. The van der Waals surface area contributed by atoms with Crippen LogP contribution in [-0.2, 0) is 6.54 Å². The van der Waals surface area contributed by atoms with E-state index in [-0.39, 0.29) is 0 Å². The monoisotopic (exact) mass is 275 g/mol. The first-order valence-electron chi connectivity index (χ1n) is 7.90. The SMILES string of the molecule is CC1CC(C)CC(Oc2cnc(CNC3CC3)cn2)C1. The third-order valence-corrected chi connectivity index (χ3v) is 4.25. The van der Waals surface area contributed by atoms with Crippen LogP contribution >= 0.6 is 0 Å². The molecule has 4 heteroatoms. The molecule has 2 aliphatic carbocycles. The Kier molecular flexibility index (Phi) is 4.20. The average Bonchev–Trinajstić information content (AvgIpc) is 3.21. The van der Waals surface area contributed by atoms with Crippen LogP contribution in [0.3, 0.4) is 0 Å². The van der Waals surface area contributed by atoms with Crippen molar-refractivity contribution in [1.29, 1.82) is 0 Å². The Hall–Kier alpha value is -1.16. The highest BCUT2D eigenvalue weighted by Gasteiger charge is 2.25. The zero-order chi connectivity index (χ0) is 13.9. The lowest BCUT2D eigenvalue weighted by Crippen LogP contribution is -2.28. The number of nitrogens with one attached hydrogen (secondary N) is 1. The summed E-state index contributed by atoms with van der Waals surface area (Å²) in [4.78, 5) is 8.83. The van der Waals surface area contributed by atoms with Crippen molar-refractivity contribution in [2.45, 2.75) is 64.6 Å². The molecule has 0 spiro atoms. The summed E-state index contributed by atoms with van der Waals surface area (Å²) in [6, 6.07) is 0.706. The van der Waals surface area contributed by atoms with Crippen LogP contribution < -0.4 is 10.1 Å². The molecule has 0 aromatic carbocycles. The maximum absolute atomic E-state index is 6.00. The van der Waals surface area contributed by atoms with Gasteiger partial charge in [0, 0.05) is 12.6 Å². The zero-order valence-corrected chi connectivity index (χ0v) is 12.5. The number of rotatable bonds is 5. The van der Waals surface area contributed by atoms with Gasteiger partial charge in [-0.2, -0.15) is 0 Å². The molecular formula is C16H25N3O. The minimum absolute atomic E-state index is 0.304. The number of nitrogens with zero attached hydrogens (tertiary/aromatic N) is 2. The van der Waals surface area contributed by atoms with E-state index in [0.717, 1.165) is 36.9 Å². The van der Waals surface area contributed by atoms with E-state index in [1.165, 1.54) is 19.3 Å². The second-order valence-electron chi connectivity index (χ2n) is 6.66. The molecule has 2 unspecified atom stereocenters. The average molecular weight is 275 g/mol. The molecule has 1 aromatic heterocycles. The van der Waals surface area contributed by atoms with Crippen molar-refractivity contribution in [2.24, 2.45) is 11.8 Å². The topological polar surface area (TPSA) is 47.0 Å². The Balaban J connectivity index is 1.51. The normalized spacial score (nSPS) is 30.2. The van der Waals surface area contributed by atoms with Gasteiger partial charge in [-0.15, -0.1) is 0 Å². The fourth-order valence-electron chi connectivity index (χ4n) is 3.17. The van der Waals surface area contributed by atoms with Gasteiger partial charge in [0.1, 0.15) is 6.10 Å². The molecule has 4 nitrogen and oxygen atoms in total. The van der Waals surface area contributed by atoms with Gasteiger partial charge in [-0.05, 0) is 43.9 Å². The smallest absolute Gasteiger partial charge is 0.232 e. The number of aromatic nitrogens is 2. The van der Waals surface area contributed by atoms with Gasteiger partial charge in [-0.3, -0.25) is 4.98 Å². The van der Waals surface area contributed by atoms with Crippen molar-refractivity contribution < 1.29 is 4.74 Å². The van der Waals surface area contributed by atoms with E-state index in [1.807, 2.05) is 6.20 Å². The summed E-state index contributed by atoms with van der Waals surface area (Å²) in [6.07, 6.45) is 10.1. The van der Waals surface area contributed by atoms with Crippen LogP contribution in [0.1, 0.15) is 51.6 Å². The van der Waals surface area contributed by atoms with E-state index >= 15 is 0 Å². The van der Waals surface area contributed by atoms with Crippen LogP contribution in [0, 0.1) is 11.8 Å². The minimum atomic E-state index is 0.304. The number of hydrogen-bond acceptors (Lipinski definition) is 4. The molecule has 0 aliphatic heterocycles. The van der Waals surface area contributed by atoms with Crippen LogP contribution in [0.4, 0.5) is 0 Å². The minimum Gasteiger partial charge on any atom is -0.473 e. The summed E-state index contributed by atoms with van der Waals surface area (Å²) in [6.45, 7) is 5.43. The Bertz CT molecular complexity index is 420. The van der Waals surface area contributed by atoms with Gasteiger partial charge in [-0.25, -0.2) is 4.98 Å². The van der Waals surface area contributed by atoms with Crippen LogP contribution in [0.2, 0.25) is 0 Å². The predicted octanol–water partition coefficient (Wildman–Crippen LogP) is 2.93. The highest BCUT2D eigenvalue weighted by atomic mass is 16.5. The molecule has 1 N–H and O–H groups in total. The van der Waals surface area contributed by atoms with Crippen LogP contribution in [0.15, 0.2) is 12.4 Å². The molecule has 110 valence electrons. The van der Waals surface area contributed by atoms with Crippen molar-refractivity contribution >= 4 is 0 Å². The predicted molar refractivity (Wildman–Crippen MR) is 78.5 cm³/mol. The third-order valence-electron chi connectivity index (χ3n) is 4.25. The summed E-state index contributed by atoms with van der Waals surface area (Å²) >= 11 is 0. The summed E-state index contributed by atoms with van der Waals surface area (Å²) in [5, 5.41) is 3.44.